The van der Waals surface area contributed by atoms with Crippen LogP contribution in [-0.2, 0) is 0 Å². The lowest BCUT2D eigenvalue weighted by Crippen LogP contribution is -1.94. The van der Waals surface area contributed by atoms with Crippen molar-refractivity contribution in [3.8, 4) is 28.3 Å². The van der Waals surface area contributed by atoms with Gasteiger partial charge >= 0.3 is 0 Å². The van der Waals surface area contributed by atoms with Gasteiger partial charge in [0.1, 0.15) is 0 Å². The van der Waals surface area contributed by atoms with Crippen LogP contribution >= 0.6 is 0 Å². The predicted molar refractivity (Wildman–Crippen MR) is 185 cm³/mol. The monoisotopic (exact) mass is 556 g/mol. The van der Waals surface area contributed by atoms with Crippen LogP contribution in [0.5, 0.6) is 0 Å². The van der Waals surface area contributed by atoms with Crippen LogP contribution in [0.3, 0.4) is 0 Å². The molecule has 0 aliphatic rings. The van der Waals surface area contributed by atoms with Gasteiger partial charge in [-0.25, -0.2) is 4.98 Å². The van der Waals surface area contributed by atoms with Crippen molar-refractivity contribution >= 4 is 64.9 Å². The van der Waals surface area contributed by atoms with Crippen LogP contribution in [0.4, 0.5) is 0 Å². The Morgan fingerprint density at radius 3 is 1.55 bits per heavy atom. The zero-order chi connectivity index (χ0) is 29.2. The normalized spacial score (nSPS) is 11.6. The van der Waals surface area contributed by atoms with Gasteiger partial charge in [-0.15, -0.1) is 0 Å². The van der Waals surface area contributed by atoms with Gasteiger partial charge in [0.15, 0.2) is 0 Å². The standard InChI is InChI=1S/C42H24N2/c43-25-27-21-22-36(30-13-3-2-12-29(27)30)40-32-15-5-7-17-34(32)41(35-18-8-6-16-33(35)40)38-24-28-23-26-11-1-10-20-39(26)44-42(28)37-19-9-4-14-31(37)38/h1-24H. The highest BCUT2D eigenvalue weighted by Gasteiger charge is 2.20. The van der Waals surface area contributed by atoms with Crippen LogP contribution in [0.15, 0.2) is 146 Å². The van der Waals surface area contributed by atoms with E-state index in [1.54, 1.807) is 0 Å². The summed E-state index contributed by atoms with van der Waals surface area (Å²) in [5, 5.41) is 21.3. The van der Waals surface area contributed by atoms with Crippen molar-refractivity contribution in [2.45, 2.75) is 0 Å². The van der Waals surface area contributed by atoms with Gasteiger partial charge in [-0.1, -0.05) is 121 Å². The highest BCUT2D eigenvalue weighted by atomic mass is 14.7. The Hall–Kier alpha value is -6.04. The molecule has 9 rings (SSSR count). The number of rotatable bonds is 2. The molecule has 0 bridgehead atoms. The molecule has 0 atom stereocenters. The smallest absolute Gasteiger partial charge is 0.0998 e. The maximum Gasteiger partial charge on any atom is 0.0998 e. The number of hydrogen-bond donors (Lipinski definition) is 0. The van der Waals surface area contributed by atoms with Gasteiger partial charge in [0.2, 0.25) is 0 Å². The number of nitriles is 1. The summed E-state index contributed by atoms with van der Waals surface area (Å²) in [7, 11) is 0. The van der Waals surface area contributed by atoms with Crippen LogP contribution in [0.1, 0.15) is 5.56 Å². The molecule has 0 saturated carbocycles. The second kappa shape index (κ2) is 9.49. The summed E-state index contributed by atoms with van der Waals surface area (Å²) in [4.78, 5) is 5.14. The zero-order valence-electron chi connectivity index (χ0n) is 23.8. The van der Waals surface area contributed by atoms with Gasteiger partial charge in [0.25, 0.3) is 0 Å². The minimum Gasteiger partial charge on any atom is -0.247 e. The summed E-state index contributed by atoms with van der Waals surface area (Å²) in [6, 6.07) is 53.9. The molecule has 9 aromatic rings. The Bertz CT molecular complexity index is 2620. The molecular weight excluding hydrogens is 532 g/mol. The molecule has 0 radical (unpaired) electrons. The number of nitrogens with zero attached hydrogens (tertiary/aromatic N) is 2. The van der Waals surface area contributed by atoms with E-state index in [0.29, 0.717) is 5.56 Å². The third-order valence-electron chi connectivity index (χ3n) is 9.04. The Morgan fingerprint density at radius 2 is 0.909 bits per heavy atom. The first-order valence-corrected chi connectivity index (χ1v) is 14.9. The molecule has 0 amide bonds. The summed E-state index contributed by atoms with van der Waals surface area (Å²) < 4.78 is 0. The molecule has 0 aliphatic carbocycles. The molecule has 202 valence electrons. The second-order valence-corrected chi connectivity index (χ2v) is 11.4. The van der Waals surface area contributed by atoms with Crippen molar-refractivity contribution in [2.75, 3.05) is 0 Å². The van der Waals surface area contributed by atoms with E-state index >= 15 is 0 Å². The molecule has 8 aromatic carbocycles. The van der Waals surface area contributed by atoms with E-state index in [0.717, 1.165) is 43.5 Å². The molecule has 2 nitrogen and oxygen atoms in total. The number of para-hydroxylation sites is 1. The zero-order valence-corrected chi connectivity index (χ0v) is 23.8. The fraction of sp³-hybridized carbons (Fsp3) is 0. The average Bonchev–Trinajstić information content (AvgIpc) is 3.09. The lowest BCUT2D eigenvalue weighted by molar-refractivity contribution is 1.50. The van der Waals surface area contributed by atoms with Crippen molar-refractivity contribution in [3.63, 3.8) is 0 Å². The minimum absolute atomic E-state index is 0.693. The number of pyridine rings is 1. The Balaban J connectivity index is 1.46. The summed E-state index contributed by atoms with van der Waals surface area (Å²) in [6.07, 6.45) is 0. The highest BCUT2D eigenvalue weighted by Crippen LogP contribution is 2.47. The van der Waals surface area contributed by atoms with E-state index in [9.17, 15) is 5.26 Å². The van der Waals surface area contributed by atoms with Gasteiger partial charge in [-0.05, 0) is 78.8 Å². The topological polar surface area (TPSA) is 36.7 Å². The molecule has 0 N–H and O–H groups in total. The number of aromatic nitrogens is 1. The first-order valence-electron chi connectivity index (χ1n) is 14.9. The van der Waals surface area contributed by atoms with Crippen LogP contribution in [-0.4, -0.2) is 4.98 Å². The van der Waals surface area contributed by atoms with Gasteiger partial charge in [0.05, 0.1) is 22.7 Å². The summed E-state index contributed by atoms with van der Waals surface area (Å²) in [5.74, 6) is 0. The Labute approximate surface area is 254 Å². The summed E-state index contributed by atoms with van der Waals surface area (Å²) >= 11 is 0. The maximum atomic E-state index is 9.87. The van der Waals surface area contributed by atoms with E-state index in [4.69, 9.17) is 4.98 Å². The SMILES string of the molecule is N#Cc1ccc(-c2c3ccccc3c(-c3cc4cc5ccccc5nc4c4ccccc34)c3ccccc23)c2ccccc12. The molecule has 0 saturated heterocycles. The molecule has 2 heteroatoms. The van der Waals surface area contributed by atoms with Crippen LogP contribution < -0.4 is 0 Å². The van der Waals surface area contributed by atoms with Gasteiger partial charge in [-0.2, -0.15) is 5.26 Å². The van der Waals surface area contributed by atoms with E-state index < -0.39 is 0 Å². The molecule has 1 heterocycles. The van der Waals surface area contributed by atoms with E-state index in [1.165, 1.54) is 43.6 Å². The fourth-order valence-corrected chi connectivity index (χ4v) is 7.15. The fourth-order valence-electron chi connectivity index (χ4n) is 7.15. The van der Waals surface area contributed by atoms with Crippen LogP contribution in [0, 0.1) is 11.3 Å². The first kappa shape index (κ1) is 24.5. The molecule has 0 unspecified atom stereocenters. The van der Waals surface area contributed by atoms with Crippen molar-refractivity contribution in [1.82, 2.24) is 4.98 Å². The van der Waals surface area contributed by atoms with E-state index in [2.05, 4.69) is 140 Å². The van der Waals surface area contributed by atoms with Crippen LogP contribution in [0.25, 0.3) is 87.1 Å². The number of hydrogen-bond acceptors (Lipinski definition) is 2. The number of fused-ring (bicyclic) bond motifs is 7. The van der Waals surface area contributed by atoms with Crippen molar-refractivity contribution in [1.29, 1.82) is 5.26 Å². The molecular formula is C42H24N2. The van der Waals surface area contributed by atoms with Gasteiger partial charge < -0.3 is 0 Å². The van der Waals surface area contributed by atoms with Crippen molar-refractivity contribution < 1.29 is 0 Å². The Kier molecular flexibility index (Phi) is 5.30. The third kappa shape index (κ3) is 3.51. The molecule has 0 aliphatic heterocycles. The van der Waals surface area contributed by atoms with Crippen LogP contribution in [0.2, 0.25) is 0 Å². The lowest BCUT2D eigenvalue weighted by Gasteiger charge is -2.20. The average molecular weight is 557 g/mol. The third-order valence-corrected chi connectivity index (χ3v) is 9.04. The predicted octanol–water partition coefficient (Wildman–Crippen LogP) is 11.2. The number of benzene rings is 8. The second-order valence-electron chi connectivity index (χ2n) is 11.4. The maximum absolute atomic E-state index is 9.87. The lowest BCUT2D eigenvalue weighted by atomic mass is 9.83. The summed E-state index contributed by atoms with van der Waals surface area (Å²) in [6.45, 7) is 0. The van der Waals surface area contributed by atoms with Crippen molar-refractivity contribution in [3.05, 3.63) is 151 Å². The molecule has 44 heavy (non-hydrogen) atoms. The van der Waals surface area contributed by atoms with E-state index in [-0.39, 0.29) is 0 Å². The van der Waals surface area contributed by atoms with E-state index in [1.807, 2.05) is 12.1 Å². The quantitative estimate of drug-likeness (QED) is 0.157. The van der Waals surface area contributed by atoms with Crippen molar-refractivity contribution in [2.24, 2.45) is 0 Å². The largest absolute Gasteiger partial charge is 0.247 e. The molecule has 0 fully saturated rings. The highest BCUT2D eigenvalue weighted by molar-refractivity contribution is 6.27. The molecule has 0 spiro atoms. The minimum atomic E-state index is 0.693. The summed E-state index contributed by atoms with van der Waals surface area (Å²) in [5.41, 5.74) is 7.48. The van der Waals surface area contributed by atoms with Gasteiger partial charge in [0, 0.05) is 21.5 Å². The Morgan fingerprint density at radius 1 is 0.409 bits per heavy atom. The van der Waals surface area contributed by atoms with Gasteiger partial charge in [-0.3, -0.25) is 0 Å². The molecule has 1 aromatic heterocycles. The first-order chi connectivity index (χ1) is 21.8.